The molecule has 1 fully saturated rings. The van der Waals surface area contributed by atoms with Crippen LogP contribution in [0.3, 0.4) is 0 Å². The van der Waals surface area contributed by atoms with Crippen molar-refractivity contribution < 1.29 is 13.5 Å². The summed E-state index contributed by atoms with van der Waals surface area (Å²) in [5.74, 6) is 0.526. The minimum absolute atomic E-state index is 0.00612. The van der Waals surface area contributed by atoms with E-state index in [1.807, 2.05) is 0 Å². The molecule has 0 saturated heterocycles. The van der Waals surface area contributed by atoms with Gasteiger partial charge in [0.2, 0.25) is 0 Å². The van der Waals surface area contributed by atoms with E-state index in [2.05, 4.69) is 0 Å². The van der Waals surface area contributed by atoms with Crippen molar-refractivity contribution >= 4 is 9.84 Å². The molecule has 0 heterocycles. The van der Waals surface area contributed by atoms with Crippen molar-refractivity contribution in [2.24, 2.45) is 17.1 Å². The fourth-order valence-corrected chi connectivity index (χ4v) is 3.37. The van der Waals surface area contributed by atoms with E-state index in [-0.39, 0.29) is 17.8 Å². The number of aliphatic hydroxyl groups is 1. The molecule has 0 bridgehead atoms. The number of sulfone groups is 1. The first kappa shape index (κ1) is 14.9. The van der Waals surface area contributed by atoms with Gasteiger partial charge in [0.05, 0.1) is 17.1 Å². The Labute approximate surface area is 105 Å². The Balaban J connectivity index is 2.71. The Kier molecular flexibility index (Phi) is 4.27. The molecule has 1 unspecified atom stereocenters. The molecule has 4 nitrogen and oxygen atoms in total. The summed E-state index contributed by atoms with van der Waals surface area (Å²) in [6, 6.07) is 0. The second-order valence-corrected chi connectivity index (χ2v) is 9.04. The smallest absolute Gasteiger partial charge is 0.155 e. The third-order valence-electron chi connectivity index (χ3n) is 3.97. The van der Waals surface area contributed by atoms with Crippen LogP contribution in [-0.4, -0.2) is 37.2 Å². The van der Waals surface area contributed by atoms with Crippen LogP contribution in [0.1, 0.15) is 40.0 Å². The summed E-state index contributed by atoms with van der Waals surface area (Å²) >= 11 is 0. The van der Waals surface area contributed by atoms with E-state index in [0.717, 1.165) is 12.8 Å². The molecule has 0 spiro atoms. The minimum atomic E-state index is -3.12. The topological polar surface area (TPSA) is 80.4 Å². The van der Waals surface area contributed by atoms with Gasteiger partial charge in [0.1, 0.15) is 0 Å². The van der Waals surface area contributed by atoms with Crippen molar-refractivity contribution in [3.8, 4) is 0 Å². The highest BCUT2D eigenvalue weighted by Crippen LogP contribution is 2.47. The standard InChI is InChI=1S/C12H25NO3S/c1-11(2,3)17(15,16)7-6-12(8-13,9-14)10-4-5-10/h10,14H,4-9,13H2,1-3H3. The number of nitrogens with two attached hydrogens (primary N) is 1. The summed E-state index contributed by atoms with van der Waals surface area (Å²) in [6.07, 6.45) is 2.60. The summed E-state index contributed by atoms with van der Waals surface area (Å²) in [6.45, 7) is 5.50. The molecule has 17 heavy (non-hydrogen) atoms. The first-order valence-corrected chi connectivity index (χ1v) is 7.87. The van der Waals surface area contributed by atoms with E-state index >= 15 is 0 Å². The van der Waals surface area contributed by atoms with E-state index in [4.69, 9.17) is 5.73 Å². The van der Waals surface area contributed by atoms with Gasteiger partial charge in [-0.2, -0.15) is 0 Å². The van der Waals surface area contributed by atoms with Crippen molar-refractivity contribution in [1.82, 2.24) is 0 Å². The van der Waals surface area contributed by atoms with Crippen molar-refractivity contribution in [2.45, 2.75) is 44.8 Å². The largest absolute Gasteiger partial charge is 0.396 e. The van der Waals surface area contributed by atoms with Crippen LogP contribution >= 0.6 is 0 Å². The molecule has 1 atom stereocenters. The van der Waals surface area contributed by atoms with Crippen molar-refractivity contribution in [3.63, 3.8) is 0 Å². The summed E-state index contributed by atoms with van der Waals surface area (Å²) in [4.78, 5) is 0. The molecule has 3 N–H and O–H groups in total. The number of rotatable bonds is 6. The zero-order valence-electron chi connectivity index (χ0n) is 11.1. The van der Waals surface area contributed by atoms with Gasteiger partial charge in [-0.05, 0) is 46.0 Å². The lowest BCUT2D eigenvalue weighted by molar-refractivity contribution is 0.105. The van der Waals surface area contributed by atoms with Crippen molar-refractivity contribution in [3.05, 3.63) is 0 Å². The van der Waals surface area contributed by atoms with E-state index < -0.39 is 14.6 Å². The first-order valence-electron chi connectivity index (χ1n) is 6.22. The summed E-state index contributed by atoms with van der Waals surface area (Å²) in [7, 11) is -3.12. The third kappa shape index (κ3) is 3.20. The molecule has 1 aliphatic rings. The Morgan fingerprint density at radius 1 is 1.29 bits per heavy atom. The molecule has 0 aliphatic heterocycles. The van der Waals surface area contributed by atoms with Gasteiger partial charge in [-0.1, -0.05) is 0 Å². The average Bonchev–Trinajstić information content (AvgIpc) is 3.03. The predicted octanol–water partition coefficient (Wildman–Crippen LogP) is 0.937. The SMILES string of the molecule is CC(C)(C)S(=O)(=O)CCC(CN)(CO)C1CC1. The average molecular weight is 263 g/mol. The number of hydrogen-bond acceptors (Lipinski definition) is 4. The van der Waals surface area contributed by atoms with E-state index in [0.29, 0.717) is 18.9 Å². The van der Waals surface area contributed by atoms with Gasteiger partial charge in [0.15, 0.2) is 9.84 Å². The maximum Gasteiger partial charge on any atom is 0.155 e. The molecule has 5 heteroatoms. The Morgan fingerprint density at radius 2 is 1.82 bits per heavy atom. The fraction of sp³-hybridized carbons (Fsp3) is 1.00. The van der Waals surface area contributed by atoms with Gasteiger partial charge in [-0.15, -0.1) is 0 Å². The second kappa shape index (κ2) is 4.86. The maximum atomic E-state index is 12.1. The van der Waals surface area contributed by atoms with Crippen LogP contribution in [0.5, 0.6) is 0 Å². The van der Waals surface area contributed by atoms with Crippen LogP contribution in [0.25, 0.3) is 0 Å². The minimum Gasteiger partial charge on any atom is -0.396 e. The van der Waals surface area contributed by atoms with Gasteiger partial charge in [0.25, 0.3) is 0 Å². The molecule has 0 aromatic carbocycles. The van der Waals surface area contributed by atoms with Gasteiger partial charge < -0.3 is 10.8 Å². The van der Waals surface area contributed by atoms with Crippen LogP contribution in [-0.2, 0) is 9.84 Å². The Bertz CT molecular complexity index is 348. The zero-order chi connectivity index (χ0) is 13.3. The molecule has 0 aromatic rings. The number of hydrogen-bond donors (Lipinski definition) is 2. The van der Waals surface area contributed by atoms with Gasteiger partial charge >= 0.3 is 0 Å². The molecule has 0 radical (unpaired) electrons. The van der Waals surface area contributed by atoms with E-state index in [9.17, 15) is 13.5 Å². The molecular formula is C12H25NO3S. The first-order chi connectivity index (χ1) is 7.68. The van der Waals surface area contributed by atoms with Crippen LogP contribution in [0.15, 0.2) is 0 Å². The van der Waals surface area contributed by atoms with Crippen molar-refractivity contribution in [2.75, 3.05) is 18.9 Å². The lowest BCUT2D eigenvalue weighted by atomic mass is 9.81. The highest BCUT2D eigenvalue weighted by molar-refractivity contribution is 7.92. The molecule has 0 amide bonds. The van der Waals surface area contributed by atoms with E-state index in [1.54, 1.807) is 20.8 Å². The zero-order valence-corrected chi connectivity index (χ0v) is 11.9. The quantitative estimate of drug-likeness (QED) is 0.747. The molecule has 1 rings (SSSR count). The second-order valence-electron chi connectivity index (χ2n) is 6.18. The lowest BCUT2D eigenvalue weighted by Gasteiger charge is -2.31. The molecule has 1 aliphatic carbocycles. The Morgan fingerprint density at radius 3 is 2.12 bits per heavy atom. The Hall–Kier alpha value is -0.130. The van der Waals surface area contributed by atoms with Crippen LogP contribution in [0.2, 0.25) is 0 Å². The van der Waals surface area contributed by atoms with Gasteiger partial charge in [-0.25, -0.2) is 8.42 Å². The normalized spacial score (nSPS) is 21.2. The molecule has 0 aromatic heterocycles. The molecule has 1 saturated carbocycles. The third-order valence-corrected chi connectivity index (χ3v) is 6.57. The lowest BCUT2D eigenvalue weighted by Crippen LogP contribution is -2.40. The molecule has 102 valence electrons. The summed E-state index contributed by atoms with van der Waals surface area (Å²) in [5.41, 5.74) is 5.37. The van der Waals surface area contributed by atoms with Crippen LogP contribution < -0.4 is 5.73 Å². The van der Waals surface area contributed by atoms with Crippen molar-refractivity contribution in [1.29, 1.82) is 0 Å². The number of aliphatic hydroxyl groups excluding tert-OH is 1. The maximum absolute atomic E-state index is 12.1. The molecular weight excluding hydrogens is 238 g/mol. The monoisotopic (exact) mass is 263 g/mol. The summed E-state index contributed by atoms with van der Waals surface area (Å²) in [5, 5.41) is 9.51. The highest BCUT2D eigenvalue weighted by atomic mass is 32.2. The van der Waals surface area contributed by atoms with Crippen LogP contribution in [0.4, 0.5) is 0 Å². The van der Waals surface area contributed by atoms with Gasteiger partial charge in [-0.3, -0.25) is 0 Å². The van der Waals surface area contributed by atoms with E-state index in [1.165, 1.54) is 0 Å². The van der Waals surface area contributed by atoms with Crippen LogP contribution in [0, 0.1) is 11.3 Å². The highest BCUT2D eigenvalue weighted by Gasteiger charge is 2.45. The van der Waals surface area contributed by atoms with Gasteiger partial charge in [0, 0.05) is 12.0 Å². The summed E-state index contributed by atoms with van der Waals surface area (Å²) < 4.78 is 23.4. The predicted molar refractivity (Wildman–Crippen MR) is 69.5 cm³/mol. The fourth-order valence-electron chi connectivity index (χ4n) is 2.09.